The van der Waals surface area contributed by atoms with Crippen molar-refractivity contribution >= 4 is 12.4 Å². The van der Waals surface area contributed by atoms with Crippen molar-refractivity contribution in [2.75, 3.05) is 46.9 Å². The number of ether oxygens (including phenoxy) is 1. The molecular formula is C14H26N2O4. The standard InChI is InChI=1S/C13H24N2O2.CH2O2/c1-13(9-17-10-13)12(16)15(3)8-11-4-6-14(2)7-5-11;2-1-3/h11H,4-10H2,1-3H3;1H,(H,2,3). The molecule has 0 saturated carbocycles. The summed E-state index contributed by atoms with van der Waals surface area (Å²) in [6.45, 7) is 6.15. The Morgan fingerprint density at radius 3 is 2.35 bits per heavy atom. The van der Waals surface area contributed by atoms with Gasteiger partial charge in [0.15, 0.2) is 0 Å². The predicted molar refractivity (Wildman–Crippen MR) is 75.5 cm³/mol. The zero-order valence-electron chi connectivity index (χ0n) is 12.7. The maximum Gasteiger partial charge on any atom is 0.290 e. The Kier molecular flexibility index (Phi) is 6.42. The number of hydrogen-bond donors (Lipinski definition) is 1. The maximum atomic E-state index is 12.2. The zero-order chi connectivity index (χ0) is 15.2. The van der Waals surface area contributed by atoms with Crippen LogP contribution in [-0.4, -0.2) is 74.2 Å². The molecule has 2 rings (SSSR count). The monoisotopic (exact) mass is 286 g/mol. The van der Waals surface area contributed by atoms with Crippen LogP contribution in [0, 0.1) is 11.3 Å². The van der Waals surface area contributed by atoms with E-state index in [0.717, 1.165) is 19.6 Å². The van der Waals surface area contributed by atoms with E-state index in [4.69, 9.17) is 14.6 Å². The molecule has 0 aromatic carbocycles. The third-order valence-electron chi connectivity index (χ3n) is 4.07. The molecule has 0 spiro atoms. The molecule has 20 heavy (non-hydrogen) atoms. The van der Waals surface area contributed by atoms with Crippen LogP contribution in [0.1, 0.15) is 19.8 Å². The summed E-state index contributed by atoms with van der Waals surface area (Å²) in [6, 6.07) is 0. The van der Waals surface area contributed by atoms with Gasteiger partial charge in [-0.25, -0.2) is 0 Å². The fourth-order valence-electron chi connectivity index (χ4n) is 2.71. The van der Waals surface area contributed by atoms with Crippen molar-refractivity contribution in [3.8, 4) is 0 Å². The minimum atomic E-state index is -0.250. The molecule has 0 radical (unpaired) electrons. The second kappa shape index (κ2) is 7.59. The van der Waals surface area contributed by atoms with Crippen LogP contribution in [0.5, 0.6) is 0 Å². The highest BCUT2D eigenvalue weighted by Crippen LogP contribution is 2.29. The molecular weight excluding hydrogens is 260 g/mol. The second-order valence-corrected chi connectivity index (χ2v) is 6.09. The third kappa shape index (κ3) is 4.45. The fourth-order valence-corrected chi connectivity index (χ4v) is 2.71. The lowest BCUT2D eigenvalue weighted by atomic mass is 9.86. The Bertz CT molecular complexity index is 323. The van der Waals surface area contributed by atoms with Gasteiger partial charge in [0.25, 0.3) is 6.47 Å². The van der Waals surface area contributed by atoms with Crippen LogP contribution >= 0.6 is 0 Å². The molecule has 1 amide bonds. The summed E-state index contributed by atoms with van der Waals surface area (Å²) in [6.07, 6.45) is 2.42. The highest BCUT2D eigenvalue weighted by Gasteiger charge is 2.43. The van der Waals surface area contributed by atoms with E-state index in [0.29, 0.717) is 19.1 Å². The summed E-state index contributed by atoms with van der Waals surface area (Å²) < 4.78 is 5.16. The zero-order valence-corrected chi connectivity index (χ0v) is 12.7. The second-order valence-electron chi connectivity index (χ2n) is 6.09. The third-order valence-corrected chi connectivity index (χ3v) is 4.07. The summed E-state index contributed by atoms with van der Waals surface area (Å²) in [5.74, 6) is 0.924. The number of amides is 1. The van der Waals surface area contributed by atoms with Gasteiger partial charge in [-0.3, -0.25) is 9.59 Å². The van der Waals surface area contributed by atoms with E-state index in [1.807, 2.05) is 18.9 Å². The normalized spacial score (nSPS) is 22.1. The van der Waals surface area contributed by atoms with Crippen LogP contribution in [0.4, 0.5) is 0 Å². The maximum absolute atomic E-state index is 12.2. The first-order chi connectivity index (χ1) is 9.42. The minimum Gasteiger partial charge on any atom is -0.483 e. The Labute approximate surface area is 120 Å². The first-order valence-corrected chi connectivity index (χ1v) is 7.02. The van der Waals surface area contributed by atoms with E-state index >= 15 is 0 Å². The average molecular weight is 286 g/mol. The molecule has 2 fully saturated rings. The quantitative estimate of drug-likeness (QED) is 0.766. The van der Waals surface area contributed by atoms with Crippen molar-refractivity contribution in [1.82, 2.24) is 9.80 Å². The first-order valence-electron chi connectivity index (χ1n) is 7.02. The number of carboxylic acid groups (broad SMARTS) is 1. The van der Waals surface area contributed by atoms with Gasteiger partial charge in [0.2, 0.25) is 5.91 Å². The van der Waals surface area contributed by atoms with Crippen molar-refractivity contribution in [3.63, 3.8) is 0 Å². The largest absolute Gasteiger partial charge is 0.483 e. The average Bonchev–Trinajstić information content (AvgIpc) is 2.38. The molecule has 0 atom stereocenters. The van der Waals surface area contributed by atoms with Crippen LogP contribution in [0.25, 0.3) is 0 Å². The van der Waals surface area contributed by atoms with E-state index in [-0.39, 0.29) is 17.8 Å². The summed E-state index contributed by atoms with van der Waals surface area (Å²) >= 11 is 0. The SMILES string of the molecule is CN1CCC(CN(C)C(=O)C2(C)COC2)CC1.O=CO. The lowest BCUT2D eigenvalue weighted by Crippen LogP contribution is -2.53. The van der Waals surface area contributed by atoms with E-state index < -0.39 is 0 Å². The van der Waals surface area contributed by atoms with Crippen molar-refractivity contribution in [1.29, 1.82) is 0 Å². The summed E-state index contributed by atoms with van der Waals surface area (Å²) in [5.41, 5.74) is -0.250. The number of likely N-dealkylation sites (tertiary alicyclic amines) is 1. The topological polar surface area (TPSA) is 70.1 Å². The molecule has 2 heterocycles. The van der Waals surface area contributed by atoms with Crippen molar-refractivity contribution < 1.29 is 19.4 Å². The van der Waals surface area contributed by atoms with Gasteiger partial charge < -0.3 is 19.6 Å². The number of carbonyl (C=O) groups excluding carboxylic acids is 1. The van der Waals surface area contributed by atoms with Gasteiger partial charge in [-0.1, -0.05) is 0 Å². The number of nitrogens with zero attached hydrogens (tertiary/aromatic N) is 2. The number of rotatable bonds is 3. The van der Waals surface area contributed by atoms with Crippen molar-refractivity contribution in [2.45, 2.75) is 19.8 Å². The van der Waals surface area contributed by atoms with Crippen LogP contribution in [0.15, 0.2) is 0 Å². The Morgan fingerprint density at radius 2 is 1.95 bits per heavy atom. The van der Waals surface area contributed by atoms with E-state index in [9.17, 15) is 4.79 Å². The van der Waals surface area contributed by atoms with E-state index in [1.54, 1.807) is 0 Å². The van der Waals surface area contributed by atoms with Crippen LogP contribution < -0.4 is 0 Å². The van der Waals surface area contributed by atoms with Gasteiger partial charge >= 0.3 is 0 Å². The van der Waals surface area contributed by atoms with Crippen molar-refractivity contribution in [3.05, 3.63) is 0 Å². The van der Waals surface area contributed by atoms with Gasteiger partial charge in [-0.2, -0.15) is 0 Å². The van der Waals surface area contributed by atoms with Crippen LogP contribution in [-0.2, 0) is 14.3 Å². The molecule has 0 aromatic heterocycles. The number of hydrogen-bond acceptors (Lipinski definition) is 4. The predicted octanol–water partition coefficient (Wildman–Crippen LogP) is 0.524. The highest BCUT2D eigenvalue weighted by atomic mass is 16.5. The van der Waals surface area contributed by atoms with E-state index in [2.05, 4.69) is 11.9 Å². The Morgan fingerprint density at radius 1 is 1.45 bits per heavy atom. The molecule has 116 valence electrons. The summed E-state index contributed by atoms with van der Waals surface area (Å²) in [5, 5.41) is 6.89. The molecule has 6 nitrogen and oxygen atoms in total. The van der Waals surface area contributed by atoms with Crippen LogP contribution in [0.2, 0.25) is 0 Å². The Hall–Kier alpha value is -1.14. The fraction of sp³-hybridized carbons (Fsp3) is 0.857. The molecule has 2 aliphatic rings. The smallest absolute Gasteiger partial charge is 0.290 e. The lowest BCUT2D eigenvalue weighted by Gasteiger charge is -2.40. The molecule has 6 heteroatoms. The lowest BCUT2D eigenvalue weighted by molar-refractivity contribution is -0.168. The molecule has 1 N–H and O–H groups in total. The van der Waals surface area contributed by atoms with Gasteiger partial charge in [0.1, 0.15) is 0 Å². The molecule has 2 aliphatic heterocycles. The molecule has 2 saturated heterocycles. The molecule has 0 unspecified atom stereocenters. The summed E-state index contributed by atoms with van der Waals surface area (Å²) in [4.78, 5) is 24.9. The first kappa shape index (κ1) is 16.9. The number of carbonyl (C=O) groups is 2. The van der Waals surface area contributed by atoms with Crippen molar-refractivity contribution in [2.24, 2.45) is 11.3 Å². The van der Waals surface area contributed by atoms with E-state index in [1.165, 1.54) is 12.8 Å². The summed E-state index contributed by atoms with van der Waals surface area (Å²) in [7, 11) is 4.10. The molecule has 0 aromatic rings. The van der Waals surface area contributed by atoms with Crippen LogP contribution in [0.3, 0.4) is 0 Å². The highest BCUT2D eigenvalue weighted by molar-refractivity contribution is 5.83. The molecule has 0 bridgehead atoms. The molecule has 0 aliphatic carbocycles. The minimum absolute atomic E-state index is 0.250. The van der Waals surface area contributed by atoms with Gasteiger partial charge in [-0.15, -0.1) is 0 Å². The number of piperidine rings is 1. The Balaban J connectivity index is 0.000000612. The van der Waals surface area contributed by atoms with Gasteiger partial charge in [0.05, 0.1) is 18.6 Å². The van der Waals surface area contributed by atoms with Gasteiger partial charge in [0, 0.05) is 13.6 Å². The van der Waals surface area contributed by atoms with Gasteiger partial charge in [-0.05, 0) is 45.8 Å².